The molecule has 16 heavy (non-hydrogen) atoms. The lowest BCUT2D eigenvalue weighted by atomic mass is 9.93. The lowest BCUT2D eigenvalue weighted by molar-refractivity contribution is 0.349. The van der Waals surface area contributed by atoms with Crippen LogP contribution in [0.1, 0.15) is 40.0 Å². The first-order valence-corrected chi connectivity index (χ1v) is 8.26. The second-order valence-electron chi connectivity index (χ2n) is 4.89. The van der Waals surface area contributed by atoms with Gasteiger partial charge < -0.3 is 5.32 Å². The van der Waals surface area contributed by atoms with Crippen LogP contribution >= 0.6 is 0 Å². The summed E-state index contributed by atoms with van der Waals surface area (Å²) in [6, 6.07) is 0.597. The fraction of sp³-hybridized carbons (Fsp3) is 1.00. The molecule has 3 unspecified atom stereocenters. The molecule has 96 valence electrons. The Morgan fingerprint density at radius 2 is 1.94 bits per heavy atom. The maximum Gasteiger partial charge on any atom is 0.150 e. The monoisotopic (exact) mass is 247 g/mol. The average molecular weight is 247 g/mol. The van der Waals surface area contributed by atoms with E-state index in [4.69, 9.17) is 0 Å². The van der Waals surface area contributed by atoms with Gasteiger partial charge in [-0.25, -0.2) is 8.42 Å². The van der Waals surface area contributed by atoms with Gasteiger partial charge >= 0.3 is 0 Å². The minimum absolute atomic E-state index is 0.282. The molecular weight excluding hydrogens is 222 g/mol. The van der Waals surface area contributed by atoms with Gasteiger partial charge in [-0.3, -0.25) is 0 Å². The molecule has 0 amide bonds. The van der Waals surface area contributed by atoms with Crippen LogP contribution in [0.4, 0.5) is 0 Å². The van der Waals surface area contributed by atoms with Gasteiger partial charge in [-0.05, 0) is 37.6 Å². The fourth-order valence-corrected chi connectivity index (χ4v) is 3.63. The van der Waals surface area contributed by atoms with E-state index in [1.165, 1.54) is 12.8 Å². The number of rotatable bonds is 6. The molecule has 1 N–H and O–H groups in total. The van der Waals surface area contributed by atoms with Crippen LogP contribution in [0.5, 0.6) is 0 Å². The smallest absolute Gasteiger partial charge is 0.150 e. The van der Waals surface area contributed by atoms with Crippen molar-refractivity contribution in [3.05, 3.63) is 0 Å². The third-order valence-electron chi connectivity index (χ3n) is 3.93. The first kappa shape index (κ1) is 14.0. The fourth-order valence-electron chi connectivity index (χ4n) is 2.68. The number of nitrogens with one attached hydrogen (secondary N) is 1. The normalized spacial score (nSPS) is 30.8. The average Bonchev–Trinajstić information content (AvgIpc) is 2.59. The zero-order valence-electron chi connectivity index (χ0n) is 10.7. The van der Waals surface area contributed by atoms with Crippen molar-refractivity contribution in [3.63, 3.8) is 0 Å². The van der Waals surface area contributed by atoms with Gasteiger partial charge in [-0.2, -0.15) is 0 Å². The molecule has 4 heteroatoms. The minimum Gasteiger partial charge on any atom is -0.314 e. The Bertz CT molecular complexity index is 300. The molecule has 1 aliphatic carbocycles. The third-order valence-corrected chi connectivity index (χ3v) is 5.67. The highest BCUT2D eigenvalue weighted by atomic mass is 32.2. The van der Waals surface area contributed by atoms with Crippen LogP contribution < -0.4 is 5.32 Å². The summed E-state index contributed by atoms with van der Waals surface area (Å²) in [6.07, 6.45) is 3.23. The van der Waals surface area contributed by atoms with E-state index in [1.807, 2.05) is 0 Å². The highest BCUT2D eigenvalue weighted by Crippen LogP contribution is 2.34. The lowest BCUT2D eigenvalue weighted by Gasteiger charge is -2.21. The van der Waals surface area contributed by atoms with Crippen molar-refractivity contribution in [1.29, 1.82) is 0 Å². The molecule has 1 saturated carbocycles. The molecule has 0 aliphatic heterocycles. The second-order valence-corrected chi connectivity index (χ2v) is 7.36. The zero-order chi connectivity index (χ0) is 12.2. The van der Waals surface area contributed by atoms with Crippen molar-refractivity contribution < 1.29 is 8.42 Å². The van der Waals surface area contributed by atoms with Crippen molar-refractivity contribution in [2.24, 2.45) is 11.8 Å². The van der Waals surface area contributed by atoms with Crippen molar-refractivity contribution in [2.45, 2.75) is 46.1 Å². The van der Waals surface area contributed by atoms with E-state index in [2.05, 4.69) is 19.2 Å². The molecule has 0 saturated heterocycles. The van der Waals surface area contributed by atoms with Crippen molar-refractivity contribution >= 4 is 9.84 Å². The highest BCUT2D eigenvalue weighted by molar-refractivity contribution is 7.91. The van der Waals surface area contributed by atoms with Crippen LogP contribution in [0.25, 0.3) is 0 Å². The molecule has 1 rings (SSSR count). The van der Waals surface area contributed by atoms with E-state index in [0.29, 0.717) is 23.6 Å². The molecule has 3 atom stereocenters. The van der Waals surface area contributed by atoms with E-state index in [-0.39, 0.29) is 5.75 Å². The van der Waals surface area contributed by atoms with Crippen molar-refractivity contribution in [1.82, 2.24) is 5.32 Å². The number of hydrogen-bond acceptors (Lipinski definition) is 3. The number of hydrogen-bond donors (Lipinski definition) is 1. The molecule has 3 nitrogen and oxygen atoms in total. The first-order valence-electron chi connectivity index (χ1n) is 6.44. The van der Waals surface area contributed by atoms with E-state index in [0.717, 1.165) is 13.0 Å². The topological polar surface area (TPSA) is 46.2 Å². The van der Waals surface area contributed by atoms with Gasteiger partial charge in [0.25, 0.3) is 0 Å². The van der Waals surface area contributed by atoms with Gasteiger partial charge in [0.2, 0.25) is 0 Å². The molecule has 0 bridgehead atoms. The van der Waals surface area contributed by atoms with Crippen LogP contribution in [0.2, 0.25) is 0 Å². The number of sulfone groups is 1. The Labute approximate surface area is 99.9 Å². The molecule has 0 aromatic heterocycles. The standard InChI is InChI=1S/C12H25NO2S/c1-4-13-12-7-6-11(10(12)3)8-9-16(14,15)5-2/h10-13H,4-9H2,1-3H3. The summed E-state index contributed by atoms with van der Waals surface area (Å²) in [4.78, 5) is 0. The van der Waals surface area contributed by atoms with Crippen LogP contribution in [0.15, 0.2) is 0 Å². The van der Waals surface area contributed by atoms with Crippen LogP contribution in [0, 0.1) is 11.8 Å². The predicted molar refractivity (Wildman–Crippen MR) is 68.3 cm³/mol. The largest absolute Gasteiger partial charge is 0.314 e. The summed E-state index contributed by atoms with van der Waals surface area (Å²) in [5, 5.41) is 3.49. The lowest BCUT2D eigenvalue weighted by Crippen LogP contribution is -2.32. The van der Waals surface area contributed by atoms with Crippen LogP contribution in [-0.2, 0) is 9.84 Å². The van der Waals surface area contributed by atoms with E-state index in [9.17, 15) is 8.42 Å². The third kappa shape index (κ3) is 3.74. The van der Waals surface area contributed by atoms with Gasteiger partial charge in [0.15, 0.2) is 0 Å². The molecule has 0 aromatic rings. The van der Waals surface area contributed by atoms with E-state index >= 15 is 0 Å². The van der Waals surface area contributed by atoms with Crippen molar-refractivity contribution in [2.75, 3.05) is 18.1 Å². The Hall–Kier alpha value is -0.0900. The van der Waals surface area contributed by atoms with Gasteiger partial charge in [-0.1, -0.05) is 20.8 Å². The Balaban J connectivity index is 2.40. The summed E-state index contributed by atoms with van der Waals surface area (Å²) < 4.78 is 22.9. The molecule has 1 fully saturated rings. The van der Waals surface area contributed by atoms with E-state index < -0.39 is 9.84 Å². The van der Waals surface area contributed by atoms with Gasteiger partial charge in [0, 0.05) is 11.8 Å². The quantitative estimate of drug-likeness (QED) is 0.779. The maximum atomic E-state index is 11.5. The summed E-state index contributed by atoms with van der Waals surface area (Å²) in [5.74, 6) is 1.86. The van der Waals surface area contributed by atoms with Gasteiger partial charge in [-0.15, -0.1) is 0 Å². The molecule has 0 heterocycles. The molecule has 0 spiro atoms. The summed E-state index contributed by atoms with van der Waals surface area (Å²) >= 11 is 0. The second kappa shape index (κ2) is 6.01. The van der Waals surface area contributed by atoms with Crippen molar-refractivity contribution in [3.8, 4) is 0 Å². The molecule has 0 aromatic carbocycles. The van der Waals surface area contributed by atoms with Crippen LogP contribution in [-0.4, -0.2) is 32.5 Å². The summed E-state index contributed by atoms with van der Waals surface area (Å²) in [7, 11) is -2.78. The molecular formula is C12H25NO2S. The maximum absolute atomic E-state index is 11.5. The van der Waals surface area contributed by atoms with Gasteiger partial charge in [0.1, 0.15) is 9.84 Å². The highest BCUT2D eigenvalue weighted by Gasteiger charge is 2.32. The van der Waals surface area contributed by atoms with E-state index in [1.54, 1.807) is 6.92 Å². The van der Waals surface area contributed by atoms with Gasteiger partial charge in [0.05, 0.1) is 5.75 Å². The SMILES string of the molecule is CCNC1CCC(CCS(=O)(=O)CC)C1C. The Kier molecular flexibility index (Phi) is 5.25. The Morgan fingerprint density at radius 1 is 1.25 bits per heavy atom. The van der Waals surface area contributed by atoms with Crippen LogP contribution in [0.3, 0.4) is 0 Å². The predicted octanol–water partition coefficient (Wildman–Crippen LogP) is 1.84. The summed E-state index contributed by atoms with van der Waals surface area (Å²) in [5.41, 5.74) is 0. The summed E-state index contributed by atoms with van der Waals surface area (Å²) in [6.45, 7) is 7.12. The zero-order valence-corrected chi connectivity index (χ0v) is 11.5. The molecule has 0 radical (unpaired) electrons. The molecule has 1 aliphatic rings. The first-order chi connectivity index (χ1) is 7.50. The minimum atomic E-state index is -2.78. The Morgan fingerprint density at radius 3 is 2.50 bits per heavy atom.